The summed E-state index contributed by atoms with van der Waals surface area (Å²) in [5.41, 5.74) is 5.32. The maximum Gasteiger partial charge on any atom is 0.416 e. The number of aryl methyl sites for hydroxylation is 1. The largest absolute Gasteiger partial charge is 0.416 e. The minimum atomic E-state index is -4.34. The average molecular weight is 307 g/mol. The Morgan fingerprint density at radius 1 is 1.20 bits per heavy atom. The maximum absolute atomic E-state index is 12.5. The molecule has 0 saturated heterocycles. The molecular formula is C12H14ClF3N4. The Hall–Kier alpha value is -1.60. The van der Waals surface area contributed by atoms with Crippen LogP contribution in [0.3, 0.4) is 0 Å². The molecule has 0 bridgehead atoms. The molecule has 2 aromatic rings. The summed E-state index contributed by atoms with van der Waals surface area (Å²) < 4.78 is 38.9. The van der Waals surface area contributed by atoms with Crippen molar-refractivity contribution in [3.63, 3.8) is 0 Å². The molecule has 2 rings (SSSR count). The number of nitrogens with two attached hydrogens (primary N) is 1. The van der Waals surface area contributed by atoms with Crippen LogP contribution >= 0.6 is 12.4 Å². The minimum absolute atomic E-state index is 0. The molecule has 4 nitrogen and oxygen atoms in total. The van der Waals surface area contributed by atoms with Gasteiger partial charge in [0.2, 0.25) is 0 Å². The fourth-order valence-electron chi connectivity index (χ4n) is 1.75. The van der Waals surface area contributed by atoms with Gasteiger partial charge in [0.1, 0.15) is 11.6 Å². The SMILES string of the molecule is Cc1nc(CCN)n(-c2ccc(C(F)(F)F)cc2)n1.Cl. The Kier molecular flexibility index (Phi) is 5.13. The van der Waals surface area contributed by atoms with Crippen LogP contribution in [0.15, 0.2) is 24.3 Å². The van der Waals surface area contributed by atoms with Crippen LogP contribution in [0.1, 0.15) is 17.2 Å². The highest BCUT2D eigenvalue weighted by Crippen LogP contribution is 2.29. The molecule has 1 heterocycles. The van der Waals surface area contributed by atoms with Gasteiger partial charge in [-0.1, -0.05) is 0 Å². The molecule has 0 unspecified atom stereocenters. The number of aromatic nitrogens is 3. The van der Waals surface area contributed by atoms with Gasteiger partial charge in [-0.2, -0.15) is 18.3 Å². The van der Waals surface area contributed by atoms with Gasteiger partial charge >= 0.3 is 6.18 Å². The van der Waals surface area contributed by atoms with E-state index < -0.39 is 11.7 Å². The summed E-state index contributed by atoms with van der Waals surface area (Å²) in [7, 11) is 0. The Balaban J connectivity index is 0.00000200. The van der Waals surface area contributed by atoms with Gasteiger partial charge in [0.25, 0.3) is 0 Å². The van der Waals surface area contributed by atoms with Crippen molar-refractivity contribution >= 4 is 12.4 Å². The third-order valence-electron chi connectivity index (χ3n) is 2.59. The molecule has 110 valence electrons. The number of halogens is 4. The first-order chi connectivity index (χ1) is 8.91. The molecule has 0 aliphatic carbocycles. The lowest BCUT2D eigenvalue weighted by Crippen LogP contribution is -2.10. The van der Waals surface area contributed by atoms with Gasteiger partial charge in [-0.3, -0.25) is 0 Å². The van der Waals surface area contributed by atoms with Crippen molar-refractivity contribution in [1.82, 2.24) is 14.8 Å². The van der Waals surface area contributed by atoms with E-state index in [9.17, 15) is 13.2 Å². The van der Waals surface area contributed by atoms with Gasteiger partial charge in [-0.05, 0) is 37.7 Å². The Labute approximate surface area is 120 Å². The smallest absolute Gasteiger partial charge is 0.330 e. The van der Waals surface area contributed by atoms with Crippen LogP contribution in [0, 0.1) is 6.92 Å². The van der Waals surface area contributed by atoms with E-state index in [1.54, 1.807) is 6.92 Å². The zero-order valence-electron chi connectivity index (χ0n) is 10.7. The van der Waals surface area contributed by atoms with Gasteiger partial charge in [0, 0.05) is 6.42 Å². The molecule has 0 aliphatic rings. The molecule has 0 saturated carbocycles. The second-order valence-corrected chi connectivity index (χ2v) is 4.07. The van der Waals surface area contributed by atoms with E-state index in [4.69, 9.17) is 5.73 Å². The van der Waals surface area contributed by atoms with Crippen molar-refractivity contribution in [2.75, 3.05) is 6.54 Å². The number of alkyl halides is 3. The van der Waals surface area contributed by atoms with Crippen LogP contribution in [0.5, 0.6) is 0 Å². The van der Waals surface area contributed by atoms with E-state index in [0.29, 0.717) is 30.3 Å². The molecule has 20 heavy (non-hydrogen) atoms. The average Bonchev–Trinajstić information content (AvgIpc) is 2.70. The lowest BCUT2D eigenvalue weighted by Gasteiger charge is -2.08. The third-order valence-corrected chi connectivity index (χ3v) is 2.59. The Bertz CT molecular complexity index is 563. The van der Waals surface area contributed by atoms with Crippen LogP contribution in [0.2, 0.25) is 0 Å². The second-order valence-electron chi connectivity index (χ2n) is 4.07. The molecule has 8 heteroatoms. The quantitative estimate of drug-likeness (QED) is 0.948. The van der Waals surface area contributed by atoms with Crippen LogP contribution in [0.25, 0.3) is 5.69 Å². The highest BCUT2D eigenvalue weighted by Gasteiger charge is 2.30. The van der Waals surface area contributed by atoms with Crippen molar-refractivity contribution in [2.45, 2.75) is 19.5 Å². The number of hydrogen-bond acceptors (Lipinski definition) is 3. The molecule has 1 aromatic heterocycles. The third kappa shape index (κ3) is 3.49. The summed E-state index contributed by atoms with van der Waals surface area (Å²) in [5.74, 6) is 1.20. The highest BCUT2D eigenvalue weighted by atomic mass is 35.5. The van der Waals surface area contributed by atoms with Gasteiger partial charge in [0.05, 0.1) is 11.3 Å². The van der Waals surface area contributed by atoms with Crippen LogP contribution in [0.4, 0.5) is 13.2 Å². The fraction of sp³-hybridized carbons (Fsp3) is 0.333. The van der Waals surface area contributed by atoms with Gasteiger partial charge in [-0.25, -0.2) is 9.67 Å². The molecule has 2 N–H and O–H groups in total. The first-order valence-corrected chi connectivity index (χ1v) is 5.72. The molecule has 0 atom stereocenters. The number of rotatable bonds is 3. The van der Waals surface area contributed by atoms with Crippen molar-refractivity contribution < 1.29 is 13.2 Å². The molecule has 1 aromatic carbocycles. The summed E-state index contributed by atoms with van der Waals surface area (Å²) >= 11 is 0. The molecule has 0 fully saturated rings. The first kappa shape index (κ1) is 16.5. The van der Waals surface area contributed by atoms with Gasteiger partial charge < -0.3 is 5.73 Å². The number of benzene rings is 1. The monoisotopic (exact) mass is 306 g/mol. The lowest BCUT2D eigenvalue weighted by atomic mass is 10.2. The van der Waals surface area contributed by atoms with E-state index in [0.717, 1.165) is 12.1 Å². The standard InChI is InChI=1S/C12H13F3N4.ClH/c1-8-17-11(6-7-16)19(18-8)10-4-2-9(3-5-10)12(13,14)15;/h2-5H,6-7,16H2,1H3;1H. The van der Waals surface area contributed by atoms with E-state index in [1.165, 1.54) is 16.8 Å². The van der Waals surface area contributed by atoms with Gasteiger partial charge in [0.15, 0.2) is 0 Å². The first-order valence-electron chi connectivity index (χ1n) is 5.72. The van der Waals surface area contributed by atoms with Crippen LogP contribution in [-0.4, -0.2) is 21.3 Å². The second kappa shape index (κ2) is 6.23. The van der Waals surface area contributed by atoms with E-state index >= 15 is 0 Å². The van der Waals surface area contributed by atoms with Crippen molar-refractivity contribution in [1.29, 1.82) is 0 Å². The fourth-order valence-corrected chi connectivity index (χ4v) is 1.75. The Morgan fingerprint density at radius 2 is 1.80 bits per heavy atom. The summed E-state index contributed by atoms with van der Waals surface area (Å²) in [6.07, 6.45) is -3.82. The van der Waals surface area contributed by atoms with Crippen molar-refractivity contribution in [3.8, 4) is 5.69 Å². The summed E-state index contributed by atoms with van der Waals surface area (Å²) in [4.78, 5) is 4.20. The predicted molar refractivity (Wildman–Crippen MR) is 71.1 cm³/mol. The molecule has 0 radical (unpaired) electrons. The summed E-state index contributed by atoms with van der Waals surface area (Å²) in [6.45, 7) is 2.12. The van der Waals surface area contributed by atoms with Crippen molar-refractivity contribution in [2.24, 2.45) is 5.73 Å². The van der Waals surface area contributed by atoms with Crippen LogP contribution in [-0.2, 0) is 12.6 Å². The van der Waals surface area contributed by atoms with E-state index in [1.807, 2.05) is 0 Å². The topological polar surface area (TPSA) is 56.7 Å². The molecule has 0 spiro atoms. The van der Waals surface area contributed by atoms with E-state index in [2.05, 4.69) is 10.1 Å². The number of nitrogens with zero attached hydrogens (tertiary/aromatic N) is 3. The highest BCUT2D eigenvalue weighted by molar-refractivity contribution is 5.85. The molecule has 0 amide bonds. The van der Waals surface area contributed by atoms with Gasteiger partial charge in [-0.15, -0.1) is 12.4 Å². The lowest BCUT2D eigenvalue weighted by molar-refractivity contribution is -0.137. The summed E-state index contributed by atoms with van der Waals surface area (Å²) in [6, 6.07) is 4.80. The maximum atomic E-state index is 12.5. The van der Waals surface area contributed by atoms with Crippen molar-refractivity contribution in [3.05, 3.63) is 41.5 Å². The Morgan fingerprint density at radius 3 is 2.30 bits per heavy atom. The summed E-state index contributed by atoms with van der Waals surface area (Å²) in [5, 5.41) is 4.16. The molecular weight excluding hydrogens is 293 g/mol. The minimum Gasteiger partial charge on any atom is -0.330 e. The molecule has 0 aliphatic heterocycles. The zero-order chi connectivity index (χ0) is 14.0. The zero-order valence-corrected chi connectivity index (χ0v) is 11.5. The van der Waals surface area contributed by atoms with Crippen LogP contribution < -0.4 is 5.73 Å². The predicted octanol–water partition coefficient (Wildman–Crippen LogP) is 2.52. The number of hydrogen-bond donors (Lipinski definition) is 1. The van der Waals surface area contributed by atoms with E-state index in [-0.39, 0.29) is 12.4 Å². The normalized spacial score (nSPS) is 11.2.